The van der Waals surface area contributed by atoms with Crippen LogP contribution in [0.3, 0.4) is 0 Å². The normalized spacial score (nSPS) is 11.4. The van der Waals surface area contributed by atoms with Gasteiger partial charge in [-0.15, -0.1) is 11.3 Å². The molecular weight excluding hydrogens is 466 g/mol. The Morgan fingerprint density at radius 3 is 2.21 bits per heavy atom. The van der Waals surface area contributed by atoms with Gasteiger partial charge in [-0.3, -0.25) is 4.79 Å². The second kappa shape index (κ2) is 9.77. The standard InChI is InChI=1S/C22H25N3O6S2/c1-13-20(32-22(23-13)14-7-9-18(30-5)19(11-14)31-6)21(26)24-16-12-15(8-10-17(16)29-4)33(27,28)25(2)3/h7-12H,1-6H3,(H,24,26). The van der Waals surface area contributed by atoms with Crippen LogP contribution in [0.1, 0.15) is 15.4 Å². The van der Waals surface area contributed by atoms with Gasteiger partial charge in [0, 0.05) is 19.7 Å². The number of nitrogens with zero attached hydrogens (tertiary/aromatic N) is 2. The van der Waals surface area contributed by atoms with Crippen molar-refractivity contribution in [1.29, 1.82) is 0 Å². The van der Waals surface area contributed by atoms with Gasteiger partial charge in [-0.2, -0.15) is 0 Å². The Morgan fingerprint density at radius 1 is 0.970 bits per heavy atom. The predicted molar refractivity (Wildman–Crippen MR) is 127 cm³/mol. The fourth-order valence-corrected chi connectivity index (χ4v) is 4.92. The first-order chi connectivity index (χ1) is 15.6. The van der Waals surface area contributed by atoms with Gasteiger partial charge >= 0.3 is 0 Å². The summed E-state index contributed by atoms with van der Waals surface area (Å²) in [6.45, 7) is 1.74. The van der Waals surface area contributed by atoms with Crippen LogP contribution in [-0.2, 0) is 10.0 Å². The van der Waals surface area contributed by atoms with Gasteiger partial charge in [0.1, 0.15) is 15.6 Å². The van der Waals surface area contributed by atoms with Crippen LogP contribution in [0, 0.1) is 6.92 Å². The lowest BCUT2D eigenvalue weighted by atomic mass is 10.2. The van der Waals surface area contributed by atoms with Crippen molar-refractivity contribution in [2.75, 3.05) is 40.7 Å². The third kappa shape index (κ3) is 4.95. The maximum Gasteiger partial charge on any atom is 0.267 e. The van der Waals surface area contributed by atoms with Gasteiger partial charge in [-0.05, 0) is 43.3 Å². The highest BCUT2D eigenvalue weighted by Crippen LogP contribution is 2.36. The first kappa shape index (κ1) is 24.5. The van der Waals surface area contributed by atoms with E-state index in [1.165, 1.54) is 50.7 Å². The quantitative estimate of drug-likeness (QED) is 0.513. The molecule has 1 heterocycles. The first-order valence-corrected chi connectivity index (χ1v) is 12.0. The number of ether oxygens (including phenoxy) is 3. The van der Waals surface area contributed by atoms with Crippen molar-refractivity contribution in [1.82, 2.24) is 9.29 Å². The van der Waals surface area contributed by atoms with Gasteiger partial charge in [-0.25, -0.2) is 17.7 Å². The number of thiazole rings is 1. The Labute approximate surface area is 197 Å². The third-order valence-electron chi connectivity index (χ3n) is 4.83. The van der Waals surface area contributed by atoms with Crippen LogP contribution in [0.25, 0.3) is 10.6 Å². The second-order valence-corrected chi connectivity index (χ2v) is 10.3. The Kier molecular flexibility index (Phi) is 7.25. The maximum atomic E-state index is 13.1. The molecule has 1 amide bonds. The zero-order valence-electron chi connectivity index (χ0n) is 19.1. The van der Waals surface area contributed by atoms with Crippen LogP contribution >= 0.6 is 11.3 Å². The predicted octanol–water partition coefficient (Wildman–Crippen LogP) is 3.65. The topological polar surface area (TPSA) is 107 Å². The lowest BCUT2D eigenvalue weighted by Crippen LogP contribution is -2.22. The number of methoxy groups -OCH3 is 3. The largest absolute Gasteiger partial charge is 0.495 e. The number of nitrogens with one attached hydrogen (secondary N) is 1. The SMILES string of the molecule is COc1ccc(S(=O)(=O)N(C)C)cc1NC(=O)c1sc(-c2ccc(OC)c(OC)c2)nc1C. The lowest BCUT2D eigenvalue weighted by Gasteiger charge is -2.15. The molecule has 176 valence electrons. The molecule has 0 unspecified atom stereocenters. The number of anilines is 1. The van der Waals surface area contributed by atoms with Crippen LogP contribution in [0.4, 0.5) is 5.69 Å². The molecule has 3 aromatic rings. The Hall–Kier alpha value is -3.15. The van der Waals surface area contributed by atoms with Crippen molar-refractivity contribution in [3.8, 4) is 27.8 Å². The molecule has 3 rings (SSSR count). The van der Waals surface area contributed by atoms with Crippen LogP contribution < -0.4 is 19.5 Å². The van der Waals surface area contributed by atoms with Crippen LogP contribution in [0.15, 0.2) is 41.3 Å². The van der Waals surface area contributed by atoms with E-state index in [4.69, 9.17) is 14.2 Å². The molecule has 0 saturated carbocycles. The average molecular weight is 492 g/mol. The fraction of sp³-hybridized carbons (Fsp3) is 0.273. The number of carbonyl (C=O) groups excluding carboxylic acids is 1. The van der Waals surface area contributed by atoms with Gasteiger partial charge in [-0.1, -0.05) is 0 Å². The van der Waals surface area contributed by atoms with Gasteiger partial charge < -0.3 is 19.5 Å². The summed E-state index contributed by atoms with van der Waals surface area (Å²) in [4.78, 5) is 18.0. The molecule has 0 aliphatic heterocycles. The molecule has 0 radical (unpaired) electrons. The maximum absolute atomic E-state index is 13.1. The van der Waals surface area contributed by atoms with Crippen molar-refractivity contribution < 1.29 is 27.4 Å². The highest BCUT2D eigenvalue weighted by atomic mass is 32.2. The molecule has 0 saturated heterocycles. The molecule has 2 aromatic carbocycles. The minimum atomic E-state index is -3.68. The summed E-state index contributed by atoms with van der Waals surface area (Å²) >= 11 is 1.21. The van der Waals surface area contributed by atoms with Crippen LogP contribution in [0.2, 0.25) is 0 Å². The minimum absolute atomic E-state index is 0.0376. The summed E-state index contributed by atoms with van der Waals surface area (Å²) in [7, 11) is 3.74. The number of rotatable bonds is 8. The van der Waals surface area contributed by atoms with Crippen molar-refractivity contribution in [3.05, 3.63) is 47.0 Å². The Bertz CT molecular complexity index is 1290. The summed E-state index contributed by atoms with van der Waals surface area (Å²) in [6.07, 6.45) is 0. The van der Waals surface area contributed by atoms with E-state index >= 15 is 0 Å². The van der Waals surface area contributed by atoms with Gasteiger partial charge in [0.15, 0.2) is 11.5 Å². The summed E-state index contributed by atoms with van der Waals surface area (Å²) in [5, 5.41) is 3.39. The number of carbonyl (C=O) groups is 1. The summed E-state index contributed by atoms with van der Waals surface area (Å²) < 4.78 is 42.0. The molecular formula is C22H25N3O6S2. The van der Waals surface area contributed by atoms with Crippen molar-refractivity contribution in [3.63, 3.8) is 0 Å². The van der Waals surface area contributed by atoms with E-state index in [0.717, 1.165) is 9.87 Å². The average Bonchev–Trinajstić information content (AvgIpc) is 3.20. The molecule has 0 spiro atoms. The van der Waals surface area contributed by atoms with Crippen molar-refractivity contribution in [2.45, 2.75) is 11.8 Å². The van der Waals surface area contributed by atoms with E-state index in [9.17, 15) is 13.2 Å². The van der Waals surface area contributed by atoms with Crippen molar-refractivity contribution in [2.24, 2.45) is 0 Å². The molecule has 0 fully saturated rings. The van der Waals surface area contributed by atoms with E-state index in [-0.39, 0.29) is 10.6 Å². The van der Waals surface area contributed by atoms with E-state index in [1.807, 2.05) is 6.07 Å². The number of sulfonamides is 1. The third-order valence-corrected chi connectivity index (χ3v) is 7.85. The van der Waals surface area contributed by atoms with Crippen molar-refractivity contribution >= 4 is 33.0 Å². The second-order valence-electron chi connectivity index (χ2n) is 7.11. The molecule has 9 nitrogen and oxygen atoms in total. The van der Waals surface area contributed by atoms with Gasteiger partial charge in [0.25, 0.3) is 5.91 Å². The van der Waals surface area contributed by atoms with Crippen LogP contribution in [0.5, 0.6) is 17.2 Å². The number of hydrogen-bond acceptors (Lipinski definition) is 8. The monoisotopic (exact) mass is 491 g/mol. The lowest BCUT2D eigenvalue weighted by molar-refractivity contribution is 0.102. The number of aromatic nitrogens is 1. The zero-order valence-corrected chi connectivity index (χ0v) is 20.8. The smallest absolute Gasteiger partial charge is 0.267 e. The molecule has 1 N–H and O–H groups in total. The Balaban J connectivity index is 1.94. The number of benzene rings is 2. The molecule has 33 heavy (non-hydrogen) atoms. The van der Waals surface area contributed by atoms with Gasteiger partial charge in [0.05, 0.1) is 37.6 Å². The fourth-order valence-electron chi connectivity index (χ4n) is 3.03. The number of amides is 1. The highest BCUT2D eigenvalue weighted by Gasteiger charge is 2.22. The zero-order chi connectivity index (χ0) is 24.3. The van der Waals surface area contributed by atoms with E-state index in [0.29, 0.717) is 32.8 Å². The minimum Gasteiger partial charge on any atom is -0.495 e. The van der Waals surface area contributed by atoms with E-state index in [1.54, 1.807) is 33.3 Å². The highest BCUT2D eigenvalue weighted by molar-refractivity contribution is 7.89. The molecule has 0 bridgehead atoms. The summed E-state index contributed by atoms with van der Waals surface area (Å²) in [5.41, 5.74) is 1.56. The van der Waals surface area contributed by atoms with E-state index in [2.05, 4.69) is 10.3 Å². The molecule has 1 aromatic heterocycles. The number of hydrogen-bond donors (Lipinski definition) is 1. The molecule has 0 aliphatic carbocycles. The molecule has 0 atom stereocenters. The van der Waals surface area contributed by atoms with Crippen LogP contribution in [-0.4, -0.2) is 59.0 Å². The Morgan fingerprint density at radius 2 is 1.61 bits per heavy atom. The summed E-state index contributed by atoms with van der Waals surface area (Å²) in [6, 6.07) is 9.69. The molecule has 0 aliphatic rings. The van der Waals surface area contributed by atoms with Gasteiger partial charge in [0.2, 0.25) is 10.0 Å². The van der Waals surface area contributed by atoms with E-state index < -0.39 is 15.9 Å². The first-order valence-electron chi connectivity index (χ1n) is 9.74. The number of aryl methyl sites for hydroxylation is 1. The summed E-state index contributed by atoms with van der Waals surface area (Å²) in [5.74, 6) is 1.06. The molecule has 11 heteroatoms.